The number of hydrogen-bond acceptors (Lipinski definition) is 6. The van der Waals surface area contributed by atoms with Gasteiger partial charge in [-0.3, -0.25) is 9.59 Å². The molecule has 4 rings (SSSR count). The van der Waals surface area contributed by atoms with Crippen molar-refractivity contribution in [2.45, 2.75) is 36.3 Å². The molecule has 1 fully saturated rings. The highest BCUT2D eigenvalue weighted by Gasteiger charge is 2.33. The van der Waals surface area contributed by atoms with E-state index in [2.05, 4.69) is 10.6 Å². The number of nitrogens with zero attached hydrogens (tertiary/aromatic N) is 1. The minimum atomic E-state index is -3.62. The van der Waals surface area contributed by atoms with Crippen molar-refractivity contribution in [2.75, 3.05) is 26.2 Å². The second-order valence-electron chi connectivity index (χ2n) is 9.57. The number of benzene rings is 3. The fourth-order valence-corrected chi connectivity index (χ4v) is 6.12. The van der Waals surface area contributed by atoms with E-state index in [1.54, 1.807) is 30.3 Å². The zero-order chi connectivity index (χ0) is 27.1. The van der Waals surface area contributed by atoms with Crippen LogP contribution in [0.4, 0.5) is 0 Å². The summed E-state index contributed by atoms with van der Waals surface area (Å²) < 4.78 is 27.2. The van der Waals surface area contributed by atoms with Gasteiger partial charge in [0.2, 0.25) is 21.8 Å². The van der Waals surface area contributed by atoms with Gasteiger partial charge in [0.1, 0.15) is 6.04 Å². The fourth-order valence-electron chi connectivity index (χ4n) is 4.63. The van der Waals surface area contributed by atoms with Crippen LogP contribution in [-0.4, -0.2) is 68.0 Å². The van der Waals surface area contributed by atoms with E-state index in [1.165, 1.54) is 4.31 Å². The highest BCUT2D eigenvalue weighted by atomic mass is 35.5. The van der Waals surface area contributed by atoms with Crippen LogP contribution in [0, 0.1) is 5.92 Å². The average Bonchev–Trinajstić information content (AvgIpc) is 2.95. The topological polar surface area (TPSA) is 142 Å². The van der Waals surface area contributed by atoms with Crippen molar-refractivity contribution >= 4 is 45.0 Å². The Morgan fingerprint density at radius 1 is 0.974 bits per heavy atom. The van der Waals surface area contributed by atoms with Gasteiger partial charge in [-0.15, -0.1) is 12.4 Å². The predicted molar refractivity (Wildman–Crippen MR) is 153 cm³/mol. The number of rotatable bonds is 10. The van der Waals surface area contributed by atoms with Crippen LogP contribution in [-0.2, 0) is 26.0 Å². The quantitative estimate of drug-likeness (QED) is 0.291. The number of sulfonamides is 1. The normalized spacial score (nSPS) is 16.2. The number of nitrogens with one attached hydrogen (secondary N) is 2. The first-order valence-corrected chi connectivity index (χ1v) is 14.2. The number of carbonyl (C=O) groups excluding carboxylic acids is 2. The summed E-state index contributed by atoms with van der Waals surface area (Å²) in [5.74, 6) is -1.12. The zero-order valence-corrected chi connectivity index (χ0v) is 23.2. The van der Waals surface area contributed by atoms with Crippen molar-refractivity contribution in [1.29, 1.82) is 0 Å². The Morgan fingerprint density at radius 2 is 1.62 bits per heavy atom. The average molecular weight is 575 g/mol. The molecule has 0 saturated carbocycles. The molecular weight excluding hydrogens is 540 g/mol. The van der Waals surface area contributed by atoms with Gasteiger partial charge < -0.3 is 21.5 Å². The summed E-state index contributed by atoms with van der Waals surface area (Å²) >= 11 is 0. The van der Waals surface area contributed by atoms with Crippen molar-refractivity contribution in [3.05, 3.63) is 78.4 Å². The first-order valence-electron chi connectivity index (χ1n) is 12.8. The van der Waals surface area contributed by atoms with Gasteiger partial charge in [0.15, 0.2) is 0 Å². The van der Waals surface area contributed by atoms with Crippen LogP contribution in [0.2, 0.25) is 0 Å². The van der Waals surface area contributed by atoms with Crippen LogP contribution in [0.3, 0.4) is 0 Å². The SMILES string of the molecule is Cl.NCC(O)CNC(=O)[C@@H](Cc1ccc2ccccc2c1)NC(=O)C1CCN(S(=O)(=O)c2ccccc2)CC1. The lowest BCUT2D eigenvalue weighted by molar-refractivity contribution is -0.132. The van der Waals surface area contributed by atoms with Gasteiger partial charge in [-0.1, -0.05) is 60.7 Å². The fraction of sp³-hybridized carbons (Fsp3) is 0.357. The second kappa shape index (κ2) is 13.9. The Balaban J connectivity index is 0.00000420. The van der Waals surface area contributed by atoms with Crippen molar-refractivity contribution < 1.29 is 23.1 Å². The Bertz CT molecular complexity index is 1360. The number of aliphatic hydroxyl groups excluding tert-OH is 1. The number of piperidine rings is 1. The standard InChI is InChI=1S/C28H34N4O5S.ClH/c29-18-24(33)19-30-28(35)26(17-20-10-11-21-6-4-5-7-23(21)16-20)31-27(34)22-12-14-32(15-13-22)38(36,37)25-8-2-1-3-9-25;/h1-11,16,22,24,26,33H,12-15,17-19,29H2,(H,30,35)(H,31,34);1H/t24?,26-;/m1./s1. The monoisotopic (exact) mass is 574 g/mol. The minimum absolute atomic E-state index is 0. The van der Waals surface area contributed by atoms with Gasteiger partial charge in [0, 0.05) is 38.5 Å². The highest BCUT2D eigenvalue weighted by Crippen LogP contribution is 2.24. The van der Waals surface area contributed by atoms with Crippen molar-refractivity contribution in [2.24, 2.45) is 11.7 Å². The molecule has 39 heavy (non-hydrogen) atoms. The van der Waals surface area contributed by atoms with E-state index in [-0.39, 0.29) is 55.8 Å². The molecule has 1 heterocycles. The third kappa shape index (κ3) is 7.77. The van der Waals surface area contributed by atoms with Crippen LogP contribution < -0.4 is 16.4 Å². The predicted octanol–water partition coefficient (Wildman–Crippen LogP) is 1.83. The van der Waals surface area contributed by atoms with Crippen LogP contribution in [0.15, 0.2) is 77.7 Å². The smallest absolute Gasteiger partial charge is 0.243 e. The lowest BCUT2D eigenvalue weighted by atomic mass is 9.95. The molecule has 2 amide bonds. The van der Waals surface area contributed by atoms with Gasteiger partial charge in [-0.05, 0) is 41.3 Å². The molecule has 0 aliphatic carbocycles. The molecule has 3 aromatic rings. The van der Waals surface area contributed by atoms with Crippen LogP contribution in [0.5, 0.6) is 0 Å². The van der Waals surface area contributed by atoms with Crippen LogP contribution in [0.1, 0.15) is 18.4 Å². The van der Waals surface area contributed by atoms with Crippen molar-refractivity contribution in [3.63, 3.8) is 0 Å². The lowest BCUT2D eigenvalue weighted by Crippen LogP contribution is -2.52. The molecule has 5 N–H and O–H groups in total. The van der Waals surface area contributed by atoms with Gasteiger partial charge in [-0.2, -0.15) is 4.31 Å². The number of carbonyl (C=O) groups is 2. The number of nitrogens with two attached hydrogens (primary N) is 1. The molecule has 11 heteroatoms. The van der Waals surface area contributed by atoms with Crippen molar-refractivity contribution in [1.82, 2.24) is 14.9 Å². The maximum absolute atomic E-state index is 13.2. The summed E-state index contributed by atoms with van der Waals surface area (Å²) in [4.78, 5) is 26.5. The summed E-state index contributed by atoms with van der Waals surface area (Å²) in [6.07, 6.45) is 0.0942. The molecule has 1 aliphatic rings. The third-order valence-corrected chi connectivity index (χ3v) is 8.79. The Labute approximate surface area is 235 Å². The first-order chi connectivity index (χ1) is 18.3. The Kier molecular flexibility index (Phi) is 10.8. The number of fused-ring (bicyclic) bond motifs is 1. The van der Waals surface area contributed by atoms with Crippen LogP contribution >= 0.6 is 12.4 Å². The van der Waals surface area contributed by atoms with Crippen LogP contribution in [0.25, 0.3) is 10.8 Å². The molecule has 1 unspecified atom stereocenters. The van der Waals surface area contributed by atoms with Crippen molar-refractivity contribution in [3.8, 4) is 0 Å². The molecule has 0 bridgehead atoms. The number of halogens is 1. The van der Waals surface area contributed by atoms with Gasteiger partial charge in [-0.25, -0.2) is 8.42 Å². The largest absolute Gasteiger partial charge is 0.390 e. The summed E-state index contributed by atoms with van der Waals surface area (Å²) in [5, 5.41) is 17.4. The maximum Gasteiger partial charge on any atom is 0.243 e. The lowest BCUT2D eigenvalue weighted by Gasteiger charge is -2.31. The Hall–Kier alpha value is -3.02. The molecule has 9 nitrogen and oxygen atoms in total. The van der Waals surface area contributed by atoms with E-state index in [1.807, 2.05) is 42.5 Å². The summed E-state index contributed by atoms with van der Waals surface area (Å²) in [6, 6.07) is 21.2. The summed E-state index contributed by atoms with van der Waals surface area (Å²) in [6.45, 7) is 0.431. The summed E-state index contributed by atoms with van der Waals surface area (Å²) in [5.41, 5.74) is 6.33. The minimum Gasteiger partial charge on any atom is -0.390 e. The van der Waals surface area contributed by atoms with E-state index in [0.29, 0.717) is 12.8 Å². The van der Waals surface area contributed by atoms with E-state index >= 15 is 0 Å². The molecule has 0 radical (unpaired) electrons. The summed E-state index contributed by atoms with van der Waals surface area (Å²) in [7, 11) is -3.62. The van der Waals surface area contributed by atoms with E-state index in [9.17, 15) is 23.1 Å². The molecule has 0 aromatic heterocycles. The first kappa shape index (κ1) is 30.5. The highest BCUT2D eigenvalue weighted by molar-refractivity contribution is 7.89. The molecule has 0 spiro atoms. The van der Waals surface area contributed by atoms with Gasteiger partial charge in [0.05, 0.1) is 11.0 Å². The van der Waals surface area contributed by atoms with Gasteiger partial charge >= 0.3 is 0 Å². The van der Waals surface area contributed by atoms with E-state index < -0.39 is 34.0 Å². The molecule has 1 aliphatic heterocycles. The molecule has 3 aromatic carbocycles. The van der Waals surface area contributed by atoms with E-state index in [4.69, 9.17) is 5.73 Å². The number of aliphatic hydroxyl groups is 1. The Morgan fingerprint density at radius 3 is 2.28 bits per heavy atom. The molecule has 2 atom stereocenters. The molecule has 1 saturated heterocycles. The zero-order valence-electron chi connectivity index (χ0n) is 21.5. The third-order valence-electron chi connectivity index (χ3n) is 6.88. The molecular formula is C28H35ClN4O5S. The van der Waals surface area contributed by atoms with E-state index in [0.717, 1.165) is 16.3 Å². The van der Waals surface area contributed by atoms with Gasteiger partial charge in [0.25, 0.3) is 0 Å². The molecule has 210 valence electrons. The number of amides is 2. The second-order valence-corrected chi connectivity index (χ2v) is 11.5. The maximum atomic E-state index is 13.2. The number of hydrogen-bond donors (Lipinski definition) is 4.